The van der Waals surface area contributed by atoms with E-state index >= 15 is 0 Å². The first-order valence-electron chi connectivity index (χ1n) is 6.09. The number of carbonyl (C=O) groups excluding carboxylic acids is 2. The topological polar surface area (TPSA) is 117 Å². The molecule has 0 bridgehead atoms. The summed E-state index contributed by atoms with van der Waals surface area (Å²) >= 11 is 0. The third-order valence-corrected chi connectivity index (χ3v) is 2.69. The van der Waals surface area contributed by atoms with Crippen molar-refractivity contribution in [3.63, 3.8) is 0 Å². The second-order valence-electron chi connectivity index (χ2n) is 4.15. The molecule has 114 valence electrons. The van der Waals surface area contributed by atoms with Crippen LogP contribution < -0.4 is 20.7 Å². The van der Waals surface area contributed by atoms with Gasteiger partial charge < -0.3 is 25.8 Å². The van der Waals surface area contributed by atoms with Crippen molar-refractivity contribution < 1.29 is 24.2 Å². The minimum absolute atomic E-state index is 0.0726. The summed E-state index contributed by atoms with van der Waals surface area (Å²) in [6.45, 7) is 1.50. The molecule has 0 fully saturated rings. The Balaban J connectivity index is 2.88. The molecule has 0 aliphatic carbocycles. The zero-order chi connectivity index (χ0) is 16.0. The van der Waals surface area contributed by atoms with Gasteiger partial charge in [-0.2, -0.15) is 0 Å². The molecule has 1 aromatic rings. The number of aromatic carboxylic acids is 1. The molecule has 0 aliphatic heterocycles. The fourth-order valence-corrected chi connectivity index (χ4v) is 1.58. The summed E-state index contributed by atoms with van der Waals surface area (Å²) in [5, 5.41) is 16.2. The molecular weight excluding hydrogens is 278 g/mol. The van der Waals surface area contributed by atoms with Crippen molar-refractivity contribution in [2.45, 2.75) is 13.0 Å². The summed E-state index contributed by atoms with van der Waals surface area (Å²) in [5.41, 5.74) is -0.0120. The van der Waals surface area contributed by atoms with E-state index in [1.165, 1.54) is 39.3 Å². The maximum Gasteiger partial charge on any atom is 0.337 e. The lowest BCUT2D eigenvalue weighted by Gasteiger charge is -2.14. The number of carbonyl (C=O) groups is 3. The summed E-state index contributed by atoms with van der Waals surface area (Å²) in [6.07, 6.45) is 0. The van der Waals surface area contributed by atoms with Gasteiger partial charge in [0.25, 0.3) is 0 Å². The normalized spacial score (nSPS) is 11.2. The van der Waals surface area contributed by atoms with Crippen LogP contribution in [0.3, 0.4) is 0 Å². The number of benzene rings is 1. The lowest BCUT2D eigenvalue weighted by Crippen LogP contribution is -2.45. The highest BCUT2D eigenvalue weighted by molar-refractivity contribution is 6.01. The SMILES string of the molecule is CNC(=O)C(C)NC(=O)Nc1cc(OC)ccc1C(=O)O. The van der Waals surface area contributed by atoms with Crippen LogP contribution in [0.2, 0.25) is 0 Å². The van der Waals surface area contributed by atoms with Gasteiger partial charge in [-0.1, -0.05) is 0 Å². The lowest BCUT2D eigenvalue weighted by molar-refractivity contribution is -0.122. The van der Waals surface area contributed by atoms with Crippen LogP contribution in [0.15, 0.2) is 18.2 Å². The number of rotatable bonds is 5. The lowest BCUT2D eigenvalue weighted by atomic mass is 10.1. The Morgan fingerprint density at radius 2 is 1.95 bits per heavy atom. The number of likely N-dealkylation sites (N-methyl/N-ethyl adjacent to an activating group) is 1. The number of carboxylic acid groups (broad SMARTS) is 1. The monoisotopic (exact) mass is 295 g/mol. The van der Waals surface area contributed by atoms with Gasteiger partial charge in [-0.3, -0.25) is 4.79 Å². The van der Waals surface area contributed by atoms with E-state index in [9.17, 15) is 14.4 Å². The number of urea groups is 1. The maximum atomic E-state index is 11.8. The molecule has 8 heteroatoms. The van der Waals surface area contributed by atoms with Crippen molar-refractivity contribution in [2.24, 2.45) is 0 Å². The molecule has 1 unspecified atom stereocenters. The van der Waals surface area contributed by atoms with Gasteiger partial charge in [0.1, 0.15) is 11.8 Å². The van der Waals surface area contributed by atoms with Crippen LogP contribution in [0.25, 0.3) is 0 Å². The van der Waals surface area contributed by atoms with Crippen molar-refractivity contribution >= 4 is 23.6 Å². The first-order valence-corrected chi connectivity index (χ1v) is 6.09. The van der Waals surface area contributed by atoms with E-state index in [2.05, 4.69) is 16.0 Å². The number of anilines is 1. The quantitative estimate of drug-likeness (QED) is 0.636. The fraction of sp³-hybridized carbons (Fsp3) is 0.308. The molecule has 8 nitrogen and oxygen atoms in total. The van der Waals surface area contributed by atoms with Crippen LogP contribution in [0, 0.1) is 0 Å². The van der Waals surface area contributed by atoms with Crippen molar-refractivity contribution in [3.8, 4) is 5.75 Å². The predicted molar refractivity (Wildman–Crippen MR) is 75.6 cm³/mol. The zero-order valence-electron chi connectivity index (χ0n) is 11.9. The van der Waals surface area contributed by atoms with Gasteiger partial charge >= 0.3 is 12.0 Å². The van der Waals surface area contributed by atoms with Gasteiger partial charge in [0.15, 0.2) is 0 Å². The molecule has 0 radical (unpaired) electrons. The molecule has 0 heterocycles. The molecule has 0 saturated carbocycles. The number of amides is 3. The second kappa shape index (κ2) is 7.13. The van der Waals surface area contributed by atoms with Gasteiger partial charge in [0.2, 0.25) is 5.91 Å². The smallest absolute Gasteiger partial charge is 0.337 e. The second-order valence-corrected chi connectivity index (χ2v) is 4.15. The molecule has 1 rings (SSSR count). The summed E-state index contributed by atoms with van der Waals surface area (Å²) in [6, 6.07) is 2.72. The van der Waals surface area contributed by atoms with Gasteiger partial charge in [-0.05, 0) is 19.1 Å². The zero-order valence-corrected chi connectivity index (χ0v) is 11.9. The van der Waals surface area contributed by atoms with Crippen molar-refractivity contribution in [2.75, 3.05) is 19.5 Å². The molecule has 3 amide bonds. The van der Waals surface area contributed by atoms with E-state index in [1.807, 2.05) is 0 Å². The Kier molecular flexibility index (Phi) is 5.53. The Morgan fingerprint density at radius 1 is 1.29 bits per heavy atom. The standard InChI is InChI=1S/C13H17N3O5/c1-7(11(17)14-2)15-13(20)16-10-6-8(21-3)4-5-9(10)12(18)19/h4-7H,1-3H3,(H,14,17)(H,18,19)(H2,15,16,20). The van der Waals surface area contributed by atoms with E-state index in [1.54, 1.807) is 0 Å². The highest BCUT2D eigenvalue weighted by atomic mass is 16.5. The number of ether oxygens (including phenoxy) is 1. The third-order valence-electron chi connectivity index (χ3n) is 2.69. The van der Waals surface area contributed by atoms with E-state index in [0.717, 1.165) is 0 Å². The summed E-state index contributed by atoms with van der Waals surface area (Å²) < 4.78 is 4.98. The average molecular weight is 295 g/mol. The Morgan fingerprint density at radius 3 is 2.48 bits per heavy atom. The third kappa shape index (κ3) is 4.37. The largest absolute Gasteiger partial charge is 0.497 e. The highest BCUT2D eigenvalue weighted by Gasteiger charge is 2.17. The van der Waals surface area contributed by atoms with Crippen LogP contribution in [0.1, 0.15) is 17.3 Å². The number of hydrogen-bond donors (Lipinski definition) is 4. The van der Waals surface area contributed by atoms with Gasteiger partial charge in [-0.15, -0.1) is 0 Å². The molecule has 1 aromatic carbocycles. The van der Waals surface area contributed by atoms with Crippen molar-refractivity contribution in [3.05, 3.63) is 23.8 Å². The summed E-state index contributed by atoms with van der Waals surface area (Å²) in [5.74, 6) is -1.16. The van der Waals surface area contributed by atoms with Crippen LogP contribution in [-0.2, 0) is 4.79 Å². The molecule has 0 aromatic heterocycles. The van der Waals surface area contributed by atoms with E-state index in [0.29, 0.717) is 5.75 Å². The molecule has 4 N–H and O–H groups in total. The Hall–Kier alpha value is -2.77. The first kappa shape index (κ1) is 16.3. The maximum absolute atomic E-state index is 11.8. The number of methoxy groups -OCH3 is 1. The van der Waals surface area contributed by atoms with Crippen molar-refractivity contribution in [1.29, 1.82) is 0 Å². The Bertz CT molecular complexity index is 559. The van der Waals surface area contributed by atoms with Crippen LogP contribution in [0.5, 0.6) is 5.75 Å². The fourth-order valence-electron chi connectivity index (χ4n) is 1.58. The minimum atomic E-state index is -1.19. The molecule has 1 atom stereocenters. The van der Waals surface area contributed by atoms with Gasteiger partial charge in [0, 0.05) is 13.1 Å². The van der Waals surface area contributed by atoms with Crippen LogP contribution >= 0.6 is 0 Å². The molecule has 0 saturated heterocycles. The van der Waals surface area contributed by atoms with E-state index < -0.39 is 18.0 Å². The van der Waals surface area contributed by atoms with Crippen LogP contribution in [-0.4, -0.2) is 43.2 Å². The van der Waals surface area contributed by atoms with Crippen molar-refractivity contribution in [1.82, 2.24) is 10.6 Å². The first-order chi connectivity index (χ1) is 9.88. The van der Waals surface area contributed by atoms with E-state index in [-0.39, 0.29) is 17.2 Å². The summed E-state index contributed by atoms with van der Waals surface area (Å²) in [4.78, 5) is 34.2. The number of hydrogen-bond acceptors (Lipinski definition) is 4. The molecular formula is C13H17N3O5. The van der Waals surface area contributed by atoms with Gasteiger partial charge in [-0.25, -0.2) is 9.59 Å². The number of carboxylic acids is 1. The van der Waals surface area contributed by atoms with Gasteiger partial charge in [0.05, 0.1) is 18.4 Å². The number of nitrogens with one attached hydrogen (secondary N) is 3. The molecule has 0 spiro atoms. The Labute approximate surface area is 121 Å². The predicted octanol–water partition coefficient (Wildman–Crippen LogP) is 0.649. The average Bonchev–Trinajstić information content (AvgIpc) is 2.45. The highest BCUT2D eigenvalue weighted by Crippen LogP contribution is 2.22. The summed E-state index contributed by atoms with van der Waals surface area (Å²) in [7, 11) is 2.87. The van der Waals surface area contributed by atoms with E-state index in [4.69, 9.17) is 9.84 Å². The minimum Gasteiger partial charge on any atom is -0.497 e. The molecule has 21 heavy (non-hydrogen) atoms. The van der Waals surface area contributed by atoms with Crippen LogP contribution in [0.4, 0.5) is 10.5 Å². The molecule has 0 aliphatic rings.